The van der Waals surface area contributed by atoms with Crippen LogP contribution in [0, 0.1) is 13.8 Å². The van der Waals surface area contributed by atoms with Gasteiger partial charge in [0.2, 0.25) is 0 Å². The third kappa shape index (κ3) is 8.27. The van der Waals surface area contributed by atoms with Crippen molar-refractivity contribution < 1.29 is 24.5 Å². The molecule has 2 atom stereocenters. The van der Waals surface area contributed by atoms with Crippen molar-refractivity contribution in [2.45, 2.75) is 51.7 Å². The number of aromatic nitrogens is 1. The number of aliphatic hydroxyl groups excluding tert-OH is 1. The standard InChI is InChI=1S/C32H41N3O5/c1-23-27(28-8-4-10-31(24(28)2)40-20-6-17-35-18-13-26(36)22-35)7-3-9-30(23)39-19-5-14-34-29(32(37)38)21-25-11-15-33-16-12-25/h3-4,7-12,15-16,26,29,34,36H,5-6,13-14,17-22H2,1-2H3,(H,37,38)/t26-,29?/m1/s1. The second-order valence-corrected chi connectivity index (χ2v) is 10.4. The summed E-state index contributed by atoms with van der Waals surface area (Å²) in [7, 11) is 0. The number of nitrogens with one attached hydrogen (secondary N) is 1. The van der Waals surface area contributed by atoms with E-state index in [4.69, 9.17) is 9.47 Å². The molecular weight excluding hydrogens is 506 g/mol. The van der Waals surface area contributed by atoms with Crippen molar-refractivity contribution >= 4 is 5.97 Å². The Morgan fingerprint density at radius 3 is 2.20 bits per heavy atom. The fourth-order valence-electron chi connectivity index (χ4n) is 5.14. The van der Waals surface area contributed by atoms with Crippen LogP contribution in [-0.4, -0.2) is 77.6 Å². The first-order valence-corrected chi connectivity index (χ1v) is 14.1. The highest BCUT2D eigenvalue weighted by Gasteiger charge is 2.20. The molecule has 8 heteroatoms. The molecule has 0 radical (unpaired) electrons. The van der Waals surface area contributed by atoms with Crippen LogP contribution in [0.15, 0.2) is 60.9 Å². The molecule has 214 valence electrons. The molecule has 2 aromatic carbocycles. The highest BCUT2D eigenvalue weighted by molar-refractivity contribution is 5.75. The van der Waals surface area contributed by atoms with E-state index in [1.165, 1.54) is 0 Å². The molecule has 3 aromatic rings. The number of β-amino-alcohol motifs (C(OH)–C–C–N with tert-alkyl or cyclic N) is 1. The first kappa shape index (κ1) is 29.5. The molecule has 1 fully saturated rings. The Labute approximate surface area is 237 Å². The summed E-state index contributed by atoms with van der Waals surface area (Å²) in [5, 5.41) is 22.4. The average Bonchev–Trinajstić information content (AvgIpc) is 3.37. The predicted molar refractivity (Wildman–Crippen MR) is 156 cm³/mol. The van der Waals surface area contributed by atoms with Crippen LogP contribution in [0.25, 0.3) is 11.1 Å². The largest absolute Gasteiger partial charge is 0.493 e. The Morgan fingerprint density at radius 1 is 1.00 bits per heavy atom. The normalized spacial score (nSPS) is 16.1. The number of likely N-dealkylation sites (tertiary alicyclic amines) is 1. The van der Waals surface area contributed by atoms with Crippen LogP contribution in [0.3, 0.4) is 0 Å². The molecule has 1 aliphatic heterocycles. The summed E-state index contributed by atoms with van der Waals surface area (Å²) >= 11 is 0. The topological polar surface area (TPSA) is 104 Å². The molecule has 0 spiro atoms. The van der Waals surface area contributed by atoms with Gasteiger partial charge in [-0.25, -0.2) is 0 Å². The number of ether oxygens (including phenoxy) is 2. The van der Waals surface area contributed by atoms with Gasteiger partial charge in [-0.3, -0.25) is 9.78 Å². The predicted octanol–water partition coefficient (Wildman–Crippen LogP) is 4.26. The van der Waals surface area contributed by atoms with Gasteiger partial charge in [-0.05, 0) is 98.2 Å². The maximum absolute atomic E-state index is 11.7. The zero-order chi connectivity index (χ0) is 28.3. The van der Waals surface area contributed by atoms with Crippen LogP contribution in [-0.2, 0) is 11.2 Å². The van der Waals surface area contributed by atoms with Crippen LogP contribution < -0.4 is 14.8 Å². The molecule has 0 bridgehead atoms. The van der Waals surface area contributed by atoms with Gasteiger partial charge in [0.15, 0.2) is 0 Å². The number of pyridine rings is 1. The fourth-order valence-corrected chi connectivity index (χ4v) is 5.14. The number of benzene rings is 2. The summed E-state index contributed by atoms with van der Waals surface area (Å²) in [5.74, 6) is 0.840. The summed E-state index contributed by atoms with van der Waals surface area (Å²) in [6, 6.07) is 15.2. The van der Waals surface area contributed by atoms with Gasteiger partial charge in [0.25, 0.3) is 0 Å². The van der Waals surface area contributed by atoms with Gasteiger partial charge in [0, 0.05) is 32.0 Å². The Bertz CT molecular complexity index is 1240. The fraction of sp³-hybridized carbons (Fsp3) is 0.438. The molecule has 1 aliphatic rings. The Balaban J connectivity index is 1.28. The quantitative estimate of drug-likeness (QED) is 0.243. The molecule has 0 aliphatic carbocycles. The highest BCUT2D eigenvalue weighted by atomic mass is 16.5. The highest BCUT2D eigenvalue weighted by Crippen LogP contribution is 2.35. The number of aliphatic hydroxyl groups is 1. The van der Waals surface area contributed by atoms with Crippen molar-refractivity contribution in [1.82, 2.24) is 15.2 Å². The van der Waals surface area contributed by atoms with E-state index in [1.54, 1.807) is 12.4 Å². The molecule has 4 rings (SSSR count). The number of carboxylic acids is 1. The number of hydrogen-bond donors (Lipinski definition) is 3. The summed E-state index contributed by atoms with van der Waals surface area (Å²) in [4.78, 5) is 17.9. The third-order valence-electron chi connectivity index (χ3n) is 7.44. The molecule has 3 N–H and O–H groups in total. The van der Waals surface area contributed by atoms with E-state index < -0.39 is 12.0 Å². The number of carboxylic acid groups (broad SMARTS) is 1. The summed E-state index contributed by atoms with van der Waals surface area (Å²) in [6.07, 6.45) is 6.03. The first-order chi connectivity index (χ1) is 19.4. The first-order valence-electron chi connectivity index (χ1n) is 14.1. The third-order valence-corrected chi connectivity index (χ3v) is 7.44. The van der Waals surface area contributed by atoms with Gasteiger partial charge in [-0.15, -0.1) is 0 Å². The van der Waals surface area contributed by atoms with Crippen LogP contribution >= 0.6 is 0 Å². The lowest BCUT2D eigenvalue weighted by atomic mass is 9.95. The molecule has 1 aromatic heterocycles. The lowest BCUT2D eigenvalue weighted by Gasteiger charge is -2.18. The average molecular weight is 548 g/mol. The zero-order valence-electron chi connectivity index (χ0n) is 23.5. The van der Waals surface area contributed by atoms with Crippen LogP contribution in [0.2, 0.25) is 0 Å². The van der Waals surface area contributed by atoms with Crippen LogP contribution in [0.5, 0.6) is 11.5 Å². The van der Waals surface area contributed by atoms with E-state index in [9.17, 15) is 15.0 Å². The Kier molecular flexibility index (Phi) is 10.9. The minimum absolute atomic E-state index is 0.188. The summed E-state index contributed by atoms with van der Waals surface area (Å²) < 4.78 is 12.3. The summed E-state index contributed by atoms with van der Waals surface area (Å²) in [6.45, 7) is 8.47. The Morgan fingerprint density at radius 2 is 1.62 bits per heavy atom. The van der Waals surface area contributed by atoms with Crippen LogP contribution in [0.1, 0.15) is 36.0 Å². The lowest BCUT2D eigenvalue weighted by molar-refractivity contribution is -0.139. The molecule has 2 heterocycles. The number of carbonyl (C=O) groups is 1. The van der Waals surface area contributed by atoms with Crippen molar-refractivity contribution in [2.75, 3.05) is 39.4 Å². The van der Waals surface area contributed by atoms with E-state index in [2.05, 4.69) is 41.2 Å². The van der Waals surface area contributed by atoms with Gasteiger partial charge < -0.3 is 29.9 Å². The van der Waals surface area contributed by atoms with Gasteiger partial charge >= 0.3 is 5.97 Å². The SMILES string of the molecule is Cc1c(OCCCNC(Cc2ccncc2)C(=O)O)cccc1-c1cccc(OCCCN2CC[C@@H](O)C2)c1C. The molecule has 8 nitrogen and oxygen atoms in total. The van der Waals surface area contributed by atoms with Crippen molar-refractivity contribution in [3.63, 3.8) is 0 Å². The lowest BCUT2D eigenvalue weighted by Crippen LogP contribution is -2.39. The second kappa shape index (κ2) is 14.8. The molecular formula is C32H41N3O5. The Hall–Kier alpha value is -3.46. The summed E-state index contributed by atoms with van der Waals surface area (Å²) in [5.41, 5.74) is 5.31. The van der Waals surface area contributed by atoms with E-state index in [0.717, 1.165) is 71.8 Å². The molecule has 0 saturated carbocycles. The van der Waals surface area contributed by atoms with Gasteiger partial charge in [-0.1, -0.05) is 24.3 Å². The van der Waals surface area contributed by atoms with Crippen molar-refractivity contribution in [2.24, 2.45) is 0 Å². The maximum Gasteiger partial charge on any atom is 0.321 e. The van der Waals surface area contributed by atoms with Gasteiger partial charge in [-0.2, -0.15) is 0 Å². The number of rotatable bonds is 15. The molecule has 40 heavy (non-hydrogen) atoms. The maximum atomic E-state index is 11.7. The minimum Gasteiger partial charge on any atom is -0.493 e. The van der Waals surface area contributed by atoms with Crippen LogP contribution in [0.4, 0.5) is 0 Å². The van der Waals surface area contributed by atoms with E-state index in [-0.39, 0.29) is 6.10 Å². The second-order valence-electron chi connectivity index (χ2n) is 10.4. The van der Waals surface area contributed by atoms with E-state index in [1.807, 2.05) is 36.4 Å². The van der Waals surface area contributed by atoms with E-state index >= 15 is 0 Å². The van der Waals surface area contributed by atoms with Gasteiger partial charge in [0.05, 0.1) is 19.3 Å². The van der Waals surface area contributed by atoms with Crippen molar-refractivity contribution in [1.29, 1.82) is 0 Å². The minimum atomic E-state index is -0.866. The molecule has 1 unspecified atom stereocenters. The van der Waals surface area contributed by atoms with Crippen molar-refractivity contribution in [3.05, 3.63) is 77.6 Å². The molecule has 1 saturated heterocycles. The van der Waals surface area contributed by atoms with E-state index in [0.29, 0.717) is 32.6 Å². The monoisotopic (exact) mass is 547 g/mol. The number of aliphatic carboxylic acids is 1. The zero-order valence-corrected chi connectivity index (χ0v) is 23.5. The number of hydrogen-bond acceptors (Lipinski definition) is 7. The van der Waals surface area contributed by atoms with Gasteiger partial charge in [0.1, 0.15) is 17.5 Å². The number of nitrogens with zero attached hydrogens (tertiary/aromatic N) is 2. The molecule has 0 amide bonds. The van der Waals surface area contributed by atoms with Crippen molar-refractivity contribution in [3.8, 4) is 22.6 Å². The smallest absolute Gasteiger partial charge is 0.321 e.